The molecule has 0 aromatic carbocycles. The molecule has 0 aliphatic carbocycles. The van der Waals surface area contributed by atoms with E-state index in [2.05, 4.69) is 0 Å². The van der Waals surface area contributed by atoms with Gasteiger partial charge in [-0.2, -0.15) is 0 Å². The summed E-state index contributed by atoms with van der Waals surface area (Å²) in [5.41, 5.74) is 0.495. The van der Waals surface area contributed by atoms with Crippen molar-refractivity contribution in [1.29, 1.82) is 0 Å². The fraction of sp³-hybridized carbons (Fsp3) is 0.429. The standard InChI is InChI=1S/C14H18N2O2S/c1-5-7-16-8-6-10-12(14(16)18)11(9(2)19-10)13(17)15(3)4/h6,8H,5,7H2,1-4H3. The van der Waals surface area contributed by atoms with Gasteiger partial charge in [0.2, 0.25) is 0 Å². The molecule has 0 saturated heterocycles. The number of hydrogen-bond donors (Lipinski definition) is 0. The van der Waals surface area contributed by atoms with Crippen LogP contribution in [0.5, 0.6) is 0 Å². The molecule has 2 rings (SSSR count). The molecule has 0 aliphatic rings. The lowest BCUT2D eigenvalue weighted by atomic mass is 10.1. The summed E-state index contributed by atoms with van der Waals surface area (Å²) in [6.07, 6.45) is 2.71. The highest BCUT2D eigenvalue weighted by molar-refractivity contribution is 7.19. The van der Waals surface area contributed by atoms with E-state index in [1.807, 2.05) is 26.1 Å². The molecule has 2 aromatic rings. The molecule has 0 spiro atoms. The quantitative estimate of drug-likeness (QED) is 0.865. The summed E-state index contributed by atoms with van der Waals surface area (Å²) >= 11 is 1.50. The normalized spacial score (nSPS) is 10.9. The number of aryl methyl sites for hydroxylation is 2. The van der Waals surface area contributed by atoms with Gasteiger partial charge >= 0.3 is 0 Å². The third-order valence-corrected chi connectivity index (χ3v) is 4.15. The van der Waals surface area contributed by atoms with Crippen LogP contribution in [0.1, 0.15) is 28.6 Å². The molecule has 0 radical (unpaired) electrons. The number of carbonyl (C=O) groups excluding carboxylic acids is 1. The minimum atomic E-state index is -0.102. The number of nitrogens with zero attached hydrogens (tertiary/aromatic N) is 2. The van der Waals surface area contributed by atoms with Crippen molar-refractivity contribution < 1.29 is 4.79 Å². The van der Waals surface area contributed by atoms with Crippen LogP contribution in [0.4, 0.5) is 0 Å². The number of thiophene rings is 1. The Morgan fingerprint density at radius 1 is 1.42 bits per heavy atom. The number of carbonyl (C=O) groups is 1. The van der Waals surface area contributed by atoms with Crippen LogP contribution in [-0.4, -0.2) is 29.5 Å². The summed E-state index contributed by atoms with van der Waals surface area (Å²) < 4.78 is 2.57. The number of fused-ring (bicyclic) bond motifs is 1. The number of hydrogen-bond acceptors (Lipinski definition) is 3. The van der Waals surface area contributed by atoms with E-state index in [1.54, 1.807) is 18.7 Å². The van der Waals surface area contributed by atoms with E-state index in [1.165, 1.54) is 16.2 Å². The summed E-state index contributed by atoms with van der Waals surface area (Å²) in [4.78, 5) is 27.1. The summed E-state index contributed by atoms with van der Waals surface area (Å²) in [5, 5.41) is 0.567. The zero-order valence-electron chi connectivity index (χ0n) is 11.7. The van der Waals surface area contributed by atoms with Crippen molar-refractivity contribution in [1.82, 2.24) is 9.47 Å². The van der Waals surface area contributed by atoms with Crippen molar-refractivity contribution in [3.05, 3.63) is 33.1 Å². The fourth-order valence-electron chi connectivity index (χ4n) is 2.16. The van der Waals surface area contributed by atoms with Gasteiger partial charge in [-0.1, -0.05) is 6.92 Å². The molecule has 4 nitrogen and oxygen atoms in total. The molecule has 0 atom stereocenters. The summed E-state index contributed by atoms with van der Waals surface area (Å²) in [7, 11) is 3.41. The Bertz CT molecular complexity index is 683. The lowest BCUT2D eigenvalue weighted by Gasteiger charge is -2.10. The van der Waals surface area contributed by atoms with Gasteiger partial charge in [0.05, 0.1) is 10.9 Å². The summed E-state index contributed by atoms with van der Waals surface area (Å²) in [5.74, 6) is -0.102. The number of amides is 1. The van der Waals surface area contributed by atoms with Crippen LogP contribution in [0.3, 0.4) is 0 Å². The molecule has 0 aliphatic heterocycles. The monoisotopic (exact) mass is 278 g/mol. The smallest absolute Gasteiger partial charge is 0.260 e. The van der Waals surface area contributed by atoms with Crippen molar-refractivity contribution in [3.63, 3.8) is 0 Å². The van der Waals surface area contributed by atoms with Gasteiger partial charge in [0.25, 0.3) is 11.5 Å². The Labute approximate surface area is 116 Å². The van der Waals surface area contributed by atoms with Crippen molar-refractivity contribution in [2.45, 2.75) is 26.8 Å². The first-order chi connectivity index (χ1) is 8.97. The fourth-order valence-corrected chi connectivity index (χ4v) is 3.20. The van der Waals surface area contributed by atoms with E-state index in [9.17, 15) is 9.59 Å². The van der Waals surface area contributed by atoms with Gasteiger partial charge in [-0.15, -0.1) is 11.3 Å². The summed E-state index contributed by atoms with van der Waals surface area (Å²) in [6.45, 7) is 4.60. The van der Waals surface area contributed by atoms with Gasteiger partial charge in [0, 0.05) is 36.4 Å². The average Bonchev–Trinajstić information content (AvgIpc) is 2.69. The van der Waals surface area contributed by atoms with Crippen molar-refractivity contribution >= 4 is 27.3 Å². The Kier molecular flexibility index (Phi) is 3.75. The largest absolute Gasteiger partial charge is 0.345 e. The zero-order valence-corrected chi connectivity index (χ0v) is 12.5. The highest BCUT2D eigenvalue weighted by Gasteiger charge is 2.21. The van der Waals surface area contributed by atoms with E-state index >= 15 is 0 Å². The highest BCUT2D eigenvalue weighted by atomic mass is 32.1. The Morgan fingerprint density at radius 2 is 2.11 bits per heavy atom. The second-order valence-electron chi connectivity index (χ2n) is 4.79. The third-order valence-electron chi connectivity index (χ3n) is 3.08. The van der Waals surface area contributed by atoms with Crippen LogP contribution in [0.15, 0.2) is 17.1 Å². The van der Waals surface area contributed by atoms with Gasteiger partial charge in [0.15, 0.2) is 0 Å². The molecule has 19 heavy (non-hydrogen) atoms. The highest BCUT2D eigenvalue weighted by Crippen LogP contribution is 2.28. The molecule has 0 bridgehead atoms. The predicted octanol–water partition coefficient (Wildman–Crippen LogP) is 2.48. The van der Waals surface area contributed by atoms with E-state index in [4.69, 9.17) is 0 Å². The Balaban J connectivity index is 2.76. The second kappa shape index (κ2) is 5.17. The minimum absolute atomic E-state index is 0.0612. The van der Waals surface area contributed by atoms with E-state index in [-0.39, 0.29) is 11.5 Å². The van der Waals surface area contributed by atoms with Crippen LogP contribution >= 0.6 is 11.3 Å². The van der Waals surface area contributed by atoms with E-state index in [0.717, 1.165) is 16.0 Å². The molecule has 0 N–H and O–H groups in total. The Hall–Kier alpha value is -1.62. The number of pyridine rings is 1. The maximum atomic E-state index is 12.5. The lowest BCUT2D eigenvalue weighted by Crippen LogP contribution is -2.25. The predicted molar refractivity (Wildman–Crippen MR) is 79.1 cm³/mol. The first kappa shape index (κ1) is 13.8. The molecular formula is C14H18N2O2S. The third kappa shape index (κ3) is 2.30. The van der Waals surface area contributed by atoms with E-state index in [0.29, 0.717) is 17.5 Å². The zero-order chi connectivity index (χ0) is 14.2. The molecule has 102 valence electrons. The molecular weight excluding hydrogens is 260 g/mol. The molecule has 0 fully saturated rings. The van der Waals surface area contributed by atoms with Crippen LogP contribution in [0.2, 0.25) is 0 Å². The molecule has 0 unspecified atom stereocenters. The second-order valence-corrected chi connectivity index (χ2v) is 6.04. The maximum Gasteiger partial charge on any atom is 0.260 e. The number of rotatable bonds is 3. The lowest BCUT2D eigenvalue weighted by molar-refractivity contribution is 0.0829. The molecule has 0 saturated carbocycles. The first-order valence-corrected chi connectivity index (χ1v) is 7.13. The van der Waals surface area contributed by atoms with Gasteiger partial charge < -0.3 is 9.47 Å². The van der Waals surface area contributed by atoms with Crippen LogP contribution in [0.25, 0.3) is 10.1 Å². The average molecular weight is 278 g/mol. The summed E-state index contributed by atoms with van der Waals surface area (Å²) in [6, 6.07) is 1.93. The van der Waals surface area contributed by atoms with Gasteiger partial charge in [0.1, 0.15) is 0 Å². The molecule has 2 heterocycles. The van der Waals surface area contributed by atoms with Crippen LogP contribution in [-0.2, 0) is 6.54 Å². The van der Waals surface area contributed by atoms with Crippen molar-refractivity contribution in [2.24, 2.45) is 0 Å². The number of aromatic nitrogens is 1. The van der Waals surface area contributed by atoms with E-state index < -0.39 is 0 Å². The van der Waals surface area contributed by atoms with Crippen molar-refractivity contribution in [3.8, 4) is 0 Å². The SMILES string of the molecule is CCCn1ccc2sc(C)c(C(=O)N(C)C)c2c1=O. The van der Waals surface area contributed by atoms with Crippen LogP contribution < -0.4 is 5.56 Å². The molecule has 2 aromatic heterocycles. The minimum Gasteiger partial charge on any atom is -0.345 e. The van der Waals surface area contributed by atoms with Gasteiger partial charge in [-0.25, -0.2) is 0 Å². The molecule has 1 amide bonds. The van der Waals surface area contributed by atoms with Gasteiger partial charge in [-0.05, 0) is 19.4 Å². The Morgan fingerprint density at radius 3 is 2.68 bits per heavy atom. The first-order valence-electron chi connectivity index (χ1n) is 6.31. The molecule has 5 heteroatoms. The van der Waals surface area contributed by atoms with Crippen LogP contribution in [0, 0.1) is 6.92 Å². The maximum absolute atomic E-state index is 12.5. The topological polar surface area (TPSA) is 42.3 Å². The van der Waals surface area contributed by atoms with Gasteiger partial charge in [-0.3, -0.25) is 9.59 Å². The van der Waals surface area contributed by atoms with Crippen molar-refractivity contribution in [2.75, 3.05) is 14.1 Å².